The van der Waals surface area contributed by atoms with Crippen molar-refractivity contribution >= 4 is 29.5 Å². The van der Waals surface area contributed by atoms with E-state index in [1.807, 2.05) is 20.8 Å². The molecule has 3 saturated heterocycles. The number of aliphatic hydroxyl groups is 1. The maximum Gasteiger partial charge on any atom is 0.244 e. The van der Waals surface area contributed by atoms with Crippen LogP contribution in [0.3, 0.4) is 0 Å². The monoisotopic (exact) mass is 439 g/mol. The Kier molecular flexibility index (Phi) is 7.38. The highest BCUT2D eigenvalue weighted by atomic mass is 32.2. The van der Waals surface area contributed by atoms with Crippen LogP contribution in [0.25, 0.3) is 0 Å². The molecule has 3 rings (SSSR count). The van der Waals surface area contributed by atoms with Crippen molar-refractivity contribution in [1.82, 2.24) is 15.5 Å². The SMILES string of the molecule is CCCNC(=O)[C@@H]1[C@@H]2CC(C)C3(S2)C(C(=O)NC(C)C)N(CCCCCO)C(=O)[C@H]13. The third-order valence-electron chi connectivity index (χ3n) is 6.83. The number of nitrogens with one attached hydrogen (secondary N) is 2. The molecule has 3 aliphatic rings. The number of hydrogen-bond donors (Lipinski definition) is 3. The molecule has 6 atom stereocenters. The number of carbonyl (C=O) groups excluding carboxylic acids is 3. The van der Waals surface area contributed by atoms with E-state index >= 15 is 0 Å². The van der Waals surface area contributed by atoms with Gasteiger partial charge in [-0.15, -0.1) is 11.8 Å². The largest absolute Gasteiger partial charge is 0.396 e. The predicted molar refractivity (Wildman–Crippen MR) is 118 cm³/mol. The van der Waals surface area contributed by atoms with Crippen LogP contribution in [0.2, 0.25) is 0 Å². The van der Waals surface area contributed by atoms with Crippen LogP contribution in [0, 0.1) is 17.8 Å². The Labute approximate surface area is 184 Å². The molecule has 3 aliphatic heterocycles. The standard InChI is InChI=1S/C22H37N3O4S/c1-5-9-23-19(27)16-15-12-14(4)22(30-15)17(16)21(29)25(10-7-6-8-11-26)18(22)20(28)24-13(2)3/h13-18,26H,5-12H2,1-4H3,(H,23,27)(H,24,28)/t14?,15-,16+,17-,18?,22?/m0/s1. The Morgan fingerprint density at radius 3 is 2.63 bits per heavy atom. The number of unbranched alkanes of at least 4 members (excludes halogenated alkanes) is 2. The van der Waals surface area contributed by atoms with Crippen LogP contribution in [-0.4, -0.2) is 69.5 Å². The quantitative estimate of drug-likeness (QED) is 0.449. The highest BCUT2D eigenvalue weighted by Gasteiger charge is 2.75. The van der Waals surface area contributed by atoms with Crippen LogP contribution >= 0.6 is 11.8 Å². The fraction of sp³-hybridized carbons (Fsp3) is 0.864. The first kappa shape index (κ1) is 23.4. The summed E-state index contributed by atoms with van der Waals surface area (Å²) in [5.41, 5.74) is 0. The molecule has 7 nitrogen and oxygen atoms in total. The Bertz CT molecular complexity index is 673. The molecule has 0 radical (unpaired) electrons. The summed E-state index contributed by atoms with van der Waals surface area (Å²) in [7, 11) is 0. The van der Waals surface area contributed by atoms with Crippen LogP contribution in [0.15, 0.2) is 0 Å². The minimum Gasteiger partial charge on any atom is -0.396 e. The number of amides is 3. The van der Waals surface area contributed by atoms with Crippen molar-refractivity contribution in [2.75, 3.05) is 19.7 Å². The van der Waals surface area contributed by atoms with Crippen molar-refractivity contribution in [3.63, 3.8) is 0 Å². The number of fused-ring (bicyclic) bond motifs is 1. The Balaban J connectivity index is 1.93. The Morgan fingerprint density at radius 1 is 1.27 bits per heavy atom. The zero-order valence-corrected chi connectivity index (χ0v) is 19.5. The van der Waals surface area contributed by atoms with Gasteiger partial charge in [0.2, 0.25) is 17.7 Å². The number of aliphatic hydroxyl groups excluding tert-OH is 1. The zero-order valence-electron chi connectivity index (χ0n) is 18.6. The van der Waals surface area contributed by atoms with Gasteiger partial charge in [0.15, 0.2) is 0 Å². The lowest BCUT2D eigenvalue weighted by molar-refractivity contribution is -0.140. The van der Waals surface area contributed by atoms with Crippen molar-refractivity contribution in [3.8, 4) is 0 Å². The van der Waals surface area contributed by atoms with Gasteiger partial charge in [-0.1, -0.05) is 13.8 Å². The van der Waals surface area contributed by atoms with E-state index in [1.54, 1.807) is 16.7 Å². The lowest BCUT2D eigenvalue weighted by Gasteiger charge is -2.39. The smallest absolute Gasteiger partial charge is 0.244 e. The first-order chi connectivity index (χ1) is 14.3. The summed E-state index contributed by atoms with van der Waals surface area (Å²) >= 11 is 1.72. The normalized spacial score (nSPS) is 34.5. The van der Waals surface area contributed by atoms with Crippen molar-refractivity contribution in [2.24, 2.45) is 17.8 Å². The fourth-order valence-corrected chi connectivity index (χ4v) is 8.08. The van der Waals surface area contributed by atoms with Crippen molar-refractivity contribution in [1.29, 1.82) is 0 Å². The minimum atomic E-state index is -0.541. The Morgan fingerprint density at radius 2 is 2.00 bits per heavy atom. The third kappa shape index (κ3) is 3.85. The summed E-state index contributed by atoms with van der Waals surface area (Å²) in [5.74, 6) is -0.775. The number of rotatable bonds is 10. The fourth-order valence-electron chi connectivity index (χ4n) is 5.66. The number of thioether (sulfide) groups is 1. The van der Waals surface area contributed by atoms with Crippen molar-refractivity contribution < 1.29 is 19.5 Å². The molecule has 30 heavy (non-hydrogen) atoms. The summed E-state index contributed by atoms with van der Waals surface area (Å²) < 4.78 is -0.536. The summed E-state index contributed by atoms with van der Waals surface area (Å²) in [5, 5.41) is 15.2. The second-order valence-corrected chi connectivity index (χ2v) is 10.9. The number of nitrogens with zero attached hydrogens (tertiary/aromatic N) is 1. The summed E-state index contributed by atoms with van der Waals surface area (Å²) in [6.07, 6.45) is 3.96. The third-order valence-corrected chi connectivity index (χ3v) is 8.91. The summed E-state index contributed by atoms with van der Waals surface area (Å²) in [4.78, 5) is 41.8. The average Bonchev–Trinajstić information content (AvgIpc) is 3.27. The molecular formula is C22H37N3O4S. The maximum atomic E-state index is 13.7. The van der Waals surface area contributed by atoms with Gasteiger partial charge >= 0.3 is 0 Å². The minimum absolute atomic E-state index is 0.0122. The van der Waals surface area contributed by atoms with Crippen molar-refractivity contribution in [2.45, 2.75) is 81.9 Å². The molecule has 170 valence electrons. The zero-order chi connectivity index (χ0) is 22.1. The van der Waals surface area contributed by atoms with E-state index in [0.717, 1.165) is 25.7 Å². The molecule has 0 aromatic carbocycles. The van der Waals surface area contributed by atoms with Gasteiger partial charge in [-0.3, -0.25) is 14.4 Å². The van der Waals surface area contributed by atoms with E-state index in [2.05, 4.69) is 17.6 Å². The molecule has 1 spiro atoms. The van der Waals surface area contributed by atoms with Gasteiger partial charge in [-0.05, 0) is 51.9 Å². The molecule has 0 saturated carbocycles. The second kappa shape index (κ2) is 9.47. The average molecular weight is 440 g/mol. The van der Waals surface area contributed by atoms with E-state index in [0.29, 0.717) is 19.5 Å². The summed E-state index contributed by atoms with van der Waals surface area (Å²) in [6, 6.07) is -0.553. The topological polar surface area (TPSA) is 98.7 Å². The molecule has 3 fully saturated rings. The second-order valence-electron chi connectivity index (χ2n) is 9.32. The van der Waals surface area contributed by atoms with Crippen LogP contribution in [0.4, 0.5) is 0 Å². The van der Waals surface area contributed by atoms with Gasteiger partial charge < -0.3 is 20.6 Å². The molecule has 2 bridgehead atoms. The highest BCUT2D eigenvalue weighted by molar-refractivity contribution is 8.02. The summed E-state index contributed by atoms with van der Waals surface area (Å²) in [6.45, 7) is 9.25. The molecule has 0 aromatic rings. The lowest BCUT2D eigenvalue weighted by Crippen LogP contribution is -2.57. The molecule has 3 heterocycles. The van der Waals surface area contributed by atoms with E-state index < -0.39 is 16.7 Å². The van der Waals surface area contributed by atoms with Gasteiger partial charge in [-0.2, -0.15) is 0 Å². The van der Waals surface area contributed by atoms with Gasteiger partial charge in [0.1, 0.15) is 6.04 Å². The first-order valence-corrected chi connectivity index (χ1v) is 12.3. The van der Waals surface area contributed by atoms with E-state index in [9.17, 15) is 14.4 Å². The molecule has 0 aromatic heterocycles. The van der Waals surface area contributed by atoms with Crippen LogP contribution < -0.4 is 10.6 Å². The molecule has 3 amide bonds. The number of carbonyl (C=O) groups is 3. The van der Waals surface area contributed by atoms with Gasteiger partial charge in [-0.25, -0.2) is 0 Å². The lowest BCUT2D eigenvalue weighted by atomic mass is 9.66. The molecule has 3 unspecified atom stereocenters. The Hall–Kier alpha value is -1.28. The van der Waals surface area contributed by atoms with Crippen LogP contribution in [-0.2, 0) is 14.4 Å². The van der Waals surface area contributed by atoms with Gasteiger partial charge in [0.05, 0.1) is 16.6 Å². The molecule has 3 N–H and O–H groups in total. The van der Waals surface area contributed by atoms with Gasteiger partial charge in [0.25, 0.3) is 0 Å². The molecule has 8 heteroatoms. The van der Waals surface area contributed by atoms with Crippen LogP contribution in [0.5, 0.6) is 0 Å². The van der Waals surface area contributed by atoms with Crippen LogP contribution in [0.1, 0.15) is 59.8 Å². The number of likely N-dealkylation sites (tertiary alicyclic amines) is 1. The number of hydrogen-bond acceptors (Lipinski definition) is 5. The first-order valence-electron chi connectivity index (χ1n) is 11.5. The van der Waals surface area contributed by atoms with E-state index in [4.69, 9.17) is 5.11 Å². The predicted octanol–water partition coefficient (Wildman–Crippen LogP) is 1.54. The van der Waals surface area contributed by atoms with Gasteiger partial charge in [0, 0.05) is 31.0 Å². The van der Waals surface area contributed by atoms with E-state index in [1.165, 1.54) is 0 Å². The van der Waals surface area contributed by atoms with E-state index in [-0.39, 0.29) is 47.5 Å². The highest BCUT2D eigenvalue weighted by Crippen LogP contribution is 2.68. The van der Waals surface area contributed by atoms with Crippen molar-refractivity contribution in [3.05, 3.63) is 0 Å². The molecular weight excluding hydrogens is 402 g/mol. The maximum absolute atomic E-state index is 13.7. The molecule has 0 aliphatic carbocycles.